The van der Waals surface area contributed by atoms with E-state index in [9.17, 15) is 9.59 Å². The van der Waals surface area contributed by atoms with Gasteiger partial charge in [-0.3, -0.25) is 9.59 Å². The van der Waals surface area contributed by atoms with Crippen LogP contribution in [-0.4, -0.2) is 54.5 Å². The molecule has 0 spiro atoms. The average Bonchev–Trinajstić information content (AvgIpc) is 3.61. The molecular weight excluding hydrogens is 484 g/mol. The minimum atomic E-state index is -0.217. The Morgan fingerprint density at radius 2 is 1.91 bits per heavy atom. The Hall–Kier alpha value is -3.03. The second-order valence-corrected chi connectivity index (χ2v) is 10.3. The third-order valence-corrected chi connectivity index (χ3v) is 7.72. The zero-order valence-electron chi connectivity index (χ0n) is 19.5. The van der Waals surface area contributed by atoms with Gasteiger partial charge in [0.2, 0.25) is 5.91 Å². The Morgan fingerprint density at radius 3 is 2.69 bits per heavy atom. The molecule has 0 N–H and O–H groups in total. The maximum atomic E-state index is 13.6. The summed E-state index contributed by atoms with van der Waals surface area (Å²) in [6.45, 7) is 0.974. The number of rotatable bonds is 8. The van der Waals surface area contributed by atoms with Gasteiger partial charge < -0.3 is 19.3 Å². The number of halogens is 1. The zero-order valence-corrected chi connectivity index (χ0v) is 21.1. The van der Waals surface area contributed by atoms with E-state index in [1.807, 2.05) is 29.2 Å². The second kappa shape index (κ2) is 10.3. The van der Waals surface area contributed by atoms with Gasteiger partial charge in [0, 0.05) is 34.1 Å². The van der Waals surface area contributed by atoms with Gasteiger partial charge >= 0.3 is 0 Å². The molecule has 2 aromatic carbocycles. The van der Waals surface area contributed by atoms with Gasteiger partial charge in [-0.2, -0.15) is 0 Å². The van der Waals surface area contributed by atoms with Gasteiger partial charge in [0.15, 0.2) is 0 Å². The van der Waals surface area contributed by atoms with Crippen LogP contribution in [0.2, 0.25) is 5.02 Å². The predicted octanol–water partition coefficient (Wildman–Crippen LogP) is 5.22. The SMILES string of the molecule is COc1cccc(OC[C@H]2c3ccsc3CCN2C(=O)CN(C(=O)c2cccc(Cl)c2)C2CC2)c1. The minimum Gasteiger partial charge on any atom is -0.497 e. The molecule has 1 saturated carbocycles. The van der Waals surface area contributed by atoms with Crippen LogP contribution in [0.5, 0.6) is 11.5 Å². The van der Waals surface area contributed by atoms with Gasteiger partial charge in [-0.1, -0.05) is 23.7 Å². The Bertz CT molecular complexity index is 1230. The highest BCUT2D eigenvalue weighted by molar-refractivity contribution is 7.10. The number of fused-ring (bicyclic) bond motifs is 1. The Balaban J connectivity index is 1.34. The molecule has 1 atom stereocenters. The second-order valence-electron chi connectivity index (χ2n) is 8.82. The lowest BCUT2D eigenvalue weighted by atomic mass is 10.0. The van der Waals surface area contributed by atoms with Crippen molar-refractivity contribution in [3.8, 4) is 11.5 Å². The molecule has 35 heavy (non-hydrogen) atoms. The normalized spacial score (nSPS) is 17.0. The molecule has 6 nitrogen and oxygen atoms in total. The number of hydrogen-bond donors (Lipinski definition) is 0. The quantitative estimate of drug-likeness (QED) is 0.417. The number of carbonyl (C=O) groups excluding carboxylic acids is 2. The first-order valence-electron chi connectivity index (χ1n) is 11.7. The summed E-state index contributed by atoms with van der Waals surface area (Å²) < 4.78 is 11.4. The maximum Gasteiger partial charge on any atom is 0.254 e. The van der Waals surface area contributed by atoms with Crippen molar-refractivity contribution in [1.82, 2.24) is 9.80 Å². The van der Waals surface area contributed by atoms with Crippen molar-refractivity contribution >= 4 is 34.8 Å². The highest BCUT2D eigenvalue weighted by atomic mass is 35.5. The molecule has 182 valence electrons. The fourth-order valence-electron chi connectivity index (χ4n) is 4.52. The predicted molar refractivity (Wildman–Crippen MR) is 136 cm³/mol. The number of nitrogens with zero attached hydrogens (tertiary/aromatic N) is 2. The van der Waals surface area contributed by atoms with E-state index in [2.05, 4.69) is 11.4 Å². The van der Waals surface area contributed by atoms with Crippen LogP contribution in [-0.2, 0) is 11.2 Å². The largest absolute Gasteiger partial charge is 0.497 e. The lowest BCUT2D eigenvalue weighted by Gasteiger charge is -2.37. The van der Waals surface area contributed by atoms with Crippen LogP contribution in [0.25, 0.3) is 0 Å². The molecule has 1 aliphatic heterocycles. The molecule has 1 aliphatic carbocycles. The summed E-state index contributed by atoms with van der Waals surface area (Å²) in [5.41, 5.74) is 1.63. The van der Waals surface area contributed by atoms with Crippen molar-refractivity contribution < 1.29 is 19.1 Å². The van der Waals surface area contributed by atoms with Crippen LogP contribution in [0.3, 0.4) is 0 Å². The first kappa shape index (κ1) is 23.7. The molecule has 0 radical (unpaired) electrons. The van der Waals surface area contributed by atoms with E-state index in [0.717, 1.165) is 30.6 Å². The highest BCUT2D eigenvalue weighted by Crippen LogP contribution is 2.35. The van der Waals surface area contributed by atoms with Gasteiger partial charge in [0.1, 0.15) is 24.7 Å². The first-order chi connectivity index (χ1) is 17.0. The van der Waals surface area contributed by atoms with E-state index >= 15 is 0 Å². The van der Waals surface area contributed by atoms with Crippen molar-refractivity contribution in [2.75, 3.05) is 26.8 Å². The fraction of sp³-hybridized carbons (Fsp3) is 0.333. The van der Waals surface area contributed by atoms with E-state index in [0.29, 0.717) is 29.5 Å². The number of hydrogen-bond acceptors (Lipinski definition) is 5. The van der Waals surface area contributed by atoms with Crippen LogP contribution in [0, 0.1) is 0 Å². The van der Waals surface area contributed by atoms with Crippen molar-refractivity contribution in [2.45, 2.75) is 31.3 Å². The summed E-state index contributed by atoms with van der Waals surface area (Å²) >= 11 is 7.82. The molecule has 5 rings (SSSR count). The molecule has 0 unspecified atom stereocenters. The van der Waals surface area contributed by atoms with Gasteiger partial charge in [0.05, 0.1) is 13.2 Å². The molecule has 1 aromatic heterocycles. The van der Waals surface area contributed by atoms with Crippen LogP contribution >= 0.6 is 22.9 Å². The molecule has 1 fully saturated rings. The maximum absolute atomic E-state index is 13.6. The van der Waals surface area contributed by atoms with E-state index in [1.54, 1.807) is 47.6 Å². The third kappa shape index (κ3) is 5.31. The van der Waals surface area contributed by atoms with Gasteiger partial charge in [-0.25, -0.2) is 0 Å². The number of amides is 2. The van der Waals surface area contributed by atoms with Crippen molar-refractivity contribution in [3.05, 3.63) is 81.0 Å². The molecule has 8 heteroatoms. The Labute approximate surface area is 214 Å². The van der Waals surface area contributed by atoms with Gasteiger partial charge in [0.25, 0.3) is 5.91 Å². The van der Waals surface area contributed by atoms with Gasteiger partial charge in [-0.15, -0.1) is 11.3 Å². The number of methoxy groups -OCH3 is 1. The van der Waals surface area contributed by atoms with Crippen LogP contribution in [0.15, 0.2) is 60.0 Å². The van der Waals surface area contributed by atoms with Crippen molar-refractivity contribution in [3.63, 3.8) is 0 Å². The summed E-state index contributed by atoms with van der Waals surface area (Å²) in [6.07, 6.45) is 2.63. The summed E-state index contributed by atoms with van der Waals surface area (Å²) in [7, 11) is 1.62. The Morgan fingerprint density at radius 1 is 1.11 bits per heavy atom. The standard InChI is InChI=1S/C27H27ClN2O4S/c1-33-21-6-3-7-22(15-21)34-17-24-23-11-13-35-25(23)10-12-29(24)26(31)16-30(20-8-9-20)27(32)18-4-2-5-19(28)14-18/h2-7,11,13-15,20,24H,8-10,12,16-17H2,1H3/t24-/m0/s1. The molecule has 0 bridgehead atoms. The van der Waals surface area contributed by atoms with Crippen molar-refractivity contribution in [2.24, 2.45) is 0 Å². The summed E-state index contributed by atoms with van der Waals surface area (Å²) in [5.74, 6) is 1.19. The van der Waals surface area contributed by atoms with Crippen molar-refractivity contribution in [1.29, 1.82) is 0 Å². The third-order valence-electron chi connectivity index (χ3n) is 6.49. The summed E-state index contributed by atoms with van der Waals surface area (Å²) in [6, 6.07) is 16.3. The van der Waals surface area contributed by atoms with Crippen LogP contribution < -0.4 is 9.47 Å². The van der Waals surface area contributed by atoms with E-state index < -0.39 is 0 Å². The number of thiophene rings is 1. The summed E-state index contributed by atoms with van der Waals surface area (Å²) in [4.78, 5) is 31.8. The topological polar surface area (TPSA) is 59.1 Å². The smallest absolute Gasteiger partial charge is 0.254 e. The lowest BCUT2D eigenvalue weighted by molar-refractivity contribution is -0.135. The monoisotopic (exact) mass is 510 g/mol. The van der Waals surface area contributed by atoms with E-state index in [1.165, 1.54) is 4.88 Å². The van der Waals surface area contributed by atoms with Crippen LogP contribution in [0.1, 0.15) is 39.7 Å². The van der Waals surface area contributed by atoms with Crippen LogP contribution in [0.4, 0.5) is 0 Å². The molecule has 3 aromatic rings. The molecular formula is C27H27ClN2O4S. The first-order valence-corrected chi connectivity index (χ1v) is 13.0. The van der Waals surface area contributed by atoms with E-state index in [-0.39, 0.29) is 30.4 Å². The Kier molecular flexibility index (Phi) is 6.97. The molecule has 2 aliphatic rings. The minimum absolute atomic E-state index is 0.0468. The summed E-state index contributed by atoms with van der Waals surface area (Å²) in [5, 5.41) is 2.57. The molecule has 2 amide bonds. The van der Waals surface area contributed by atoms with Gasteiger partial charge in [-0.05, 0) is 66.6 Å². The lowest BCUT2D eigenvalue weighted by Crippen LogP contribution is -2.48. The van der Waals surface area contributed by atoms with E-state index in [4.69, 9.17) is 21.1 Å². The average molecular weight is 511 g/mol. The number of ether oxygens (including phenoxy) is 2. The molecule has 2 heterocycles. The zero-order chi connectivity index (χ0) is 24.4. The number of carbonyl (C=O) groups is 2. The number of benzene rings is 2. The fourth-order valence-corrected chi connectivity index (χ4v) is 5.64. The molecule has 0 saturated heterocycles. The highest BCUT2D eigenvalue weighted by Gasteiger charge is 2.38.